The maximum Gasteiger partial charge on any atom is 0.227 e. The van der Waals surface area contributed by atoms with Crippen molar-refractivity contribution in [3.63, 3.8) is 0 Å². The minimum absolute atomic E-state index is 0.558. The first kappa shape index (κ1) is 12.3. The molecule has 0 unspecified atom stereocenters. The van der Waals surface area contributed by atoms with Gasteiger partial charge in [0.15, 0.2) is 5.58 Å². The molecular formula is C15H8BrN3O2. The summed E-state index contributed by atoms with van der Waals surface area (Å²) < 4.78 is 11.5. The second-order valence-electron chi connectivity index (χ2n) is 4.46. The van der Waals surface area contributed by atoms with Gasteiger partial charge in [-0.1, -0.05) is 33.2 Å². The summed E-state index contributed by atoms with van der Waals surface area (Å²) in [6, 6.07) is 13.4. The van der Waals surface area contributed by atoms with Crippen LogP contribution in [-0.2, 0) is 0 Å². The summed E-state index contributed by atoms with van der Waals surface area (Å²) in [5, 5.41) is 3.80. The molecule has 4 rings (SSSR count). The molecule has 2 aromatic heterocycles. The van der Waals surface area contributed by atoms with E-state index in [9.17, 15) is 0 Å². The lowest BCUT2D eigenvalue weighted by atomic mass is 10.1. The average Bonchev–Trinajstić information content (AvgIpc) is 3.16. The Bertz CT molecular complexity index is 898. The van der Waals surface area contributed by atoms with Gasteiger partial charge in [0, 0.05) is 15.6 Å². The first-order valence-corrected chi connectivity index (χ1v) is 7.02. The predicted octanol–water partition coefficient (Wildman–Crippen LogP) is 4.31. The van der Waals surface area contributed by atoms with E-state index in [2.05, 4.69) is 31.1 Å². The smallest absolute Gasteiger partial charge is 0.227 e. The number of fused-ring (bicyclic) bond motifs is 1. The fourth-order valence-corrected chi connectivity index (χ4v) is 2.43. The van der Waals surface area contributed by atoms with Crippen molar-refractivity contribution in [3.8, 4) is 22.8 Å². The second-order valence-corrected chi connectivity index (χ2v) is 5.38. The van der Waals surface area contributed by atoms with Crippen molar-refractivity contribution in [1.82, 2.24) is 15.1 Å². The molecule has 4 aromatic rings. The first-order chi connectivity index (χ1) is 10.3. The van der Waals surface area contributed by atoms with Crippen LogP contribution >= 0.6 is 15.9 Å². The lowest BCUT2D eigenvalue weighted by Gasteiger charge is -1.97. The normalized spacial score (nSPS) is 11.1. The van der Waals surface area contributed by atoms with Gasteiger partial charge in [-0.25, -0.2) is 4.98 Å². The Kier molecular flexibility index (Phi) is 2.82. The van der Waals surface area contributed by atoms with Crippen molar-refractivity contribution < 1.29 is 8.94 Å². The molecule has 2 heterocycles. The second kappa shape index (κ2) is 4.82. The van der Waals surface area contributed by atoms with E-state index in [4.69, 9.17) is 8.94 Å². The molecule has 21 heavy (non-hydrogen) atoms. The van der Waals surface area contributed by atoms with Crippen LogP contribution in [0.3, 0.4) is 0 Å². The van der Waals surface area contributed by atoms with Crippen LogP contribution in [0, 0.1) is 0 Å². The van der Waals surface area contributed by atoms with Crippen LogP contribution in [0.5, 0.6) is 0 Å². The van der Waals surface area contributed by atoms with Gasteiger partial charge in [0.1, 0.15) is 5.52 Å². The maximum absolute atomic E-state index is 5.76. The van der Waals surface area contributed by atoms with Crippen molar-refractivity contribution in [2.24, 2.45) is 0 Å². The minimum atomic E-state index is 0.558. The van der Waals surface area contributed by atoms with Crippen molar-refractivity contribution in [2.45, 2.75) is 0 Å². The maximum atomic E-state index is 5.76. The Morgan fingerprint density at radius 3 is 2.52 bits per heavy atom. The molecule has 0 atom stereocenters. The third-order valence-corrected chi connectivity index (χ3v) is 3.59. The first-order valence-electron chi connectivity index (χ1n) is 6.23. The number of benzene rings is 2. The zero-order valence-electron chi connectivity index (χ0n) is 10.7. The molecule has 0 saturated carbocycles. The van der Waals surface area contributed by atoms with Gasteiger partial charge in [0.25, 0.3) is 0 Å². The molecule has 0 bridgehead atoms. The van der Waals surface area contributed by atoms with E-state index >= 15 is 0 Å². The van der Waals surface area contributed by atoms with Gasteiger partial charge in [0.05, 0.1) is 0 Å². The third kappa shape index (κ3) is 2.23. The highest BCUT2D eigenvalue weighted by Gasteiger charge is 2.09. The zero-order chi connectivity index (χ0) is 14.2. The van der Waals surface area contributed by atoms with E-state index in [1.165, 1.54) is 6.39 Å². The summed E-state index contributed by atoms with van der Waals surface area (Å²) in [5.41, 5.74) is 3.36. The van der Waals surface area contributed by atoms with E-state index in [1.807, 2.05) is 42.5 Å². The van der Waals surface area contributed by atoms with Gasteiger partial charge in [-0.05, 0) is 30.3 Å². The van der Waals surface area contributed by atoms with Gasteiger partial charge < -0.3 is 8.94 Å². The van der Waals surface area contributed by atoms with E-state index in [-0.39, 0.29) is 0 Å². The molecule has 0 aliphatic rings. The Hall–Kier alpha value is -2.47. The van der Waals surface area contributed by atoms with Crippen molar-refractivity contribution in [2.75, 3.05) is 0 Å². The van der Waals surface area contributed by atoms with Crippen molar-refractivity contribution in [3.05, 3.63) is 53.3 Å². The average molecular weight is 342 g/mol. The molecule has 0 fully saturated rings. The van der Waals surface area contributed by atoms with E-state index in [1.54, 1.807) is 0 Å². The van der Waals surface area contributed by atoms with Crippen LogP contribution in [0.4, 0.5) is 0 Å². The summed E-state index contributed by atoms with van der Waals surface area (Å²) in [7, 11) is 0. The van der Waals surface area contributed by atoms with Crippen LogP contribution in [0.25, 0.3) is 33.9 Å². The summed E-state index contributed by atoms with van der Waals surface area (Å²) in [6.07, 6.45) is 1.31. The number of aromatic nitrogens is 3. The number of nitrogens with zero attached hydrogens (tertiary/aromatic N) is 3. The summed E-state index contributed by atoms with van der Waals surface area (Å²) in [5.74, 6) is 1.14. The molecule has 0 amide bonds. The molecule has 6 heteroatoms. The molecule has 0 aliphatic heterocycles. The molecule has 0 radical (unpaired) electrons. The fourth-order valence-electron chi connectivity index (χ4n) is 2.08. The van der Waals surface area contributed by atoms with Crippen molar-refractivity contribution in [1.29, 1.82) is 0 Å². The summed E-state index contributed by atoms with van der Waals surface area (Å²) in [4.78, 5) is 8.50. The highest BCUT2D eigenvalue weighted by Crippen LogP contribution is 2.27. The van der Waals surface area contributed by atoms with Crippen LogP contribution in [0.1, 0.15) is 0 Å². The minimum Gasteiger partial charge on any atom is -0.436 e. The molecule has 2 aromatic carbocycles. The number of halogens is 1. The third-order valence-electron chi connectivity index (χ3n) is 3.10. The number of oxazole rings is 1. The van der Waals surface area contributed by atoms with Gasteiger partial charge >= 0.3 is 0 Å². The highest BCUT2D eigenvalue weighted by atomic mass is 79.9. The topological polar surface area (TPSA) is 65.0 Å². The van der Waals surface area contributed by atoms with Gasteiger partial charge in [-0.15, -0.1) is 0 Å². The van der Waals surface area contributed by atoms with Gasteiger partial charge in [0.2, 0.25) is 18.1 Å². The molecule has 0 N–H and O–H groups in total. The molecule has 0 saturated heterocycles. The standard InChI is InChI=1S/C15H8BrN3O2/c16-11-5-6-13-12(7-11)18-15(21-13)10-3-1-9(2-4-10)14-17-8-20-19-14/h1-8H. The zero-order valence-corrected chi connectivity index (χ0v) is 12.2. The molecular weight excluding hydrogens is 334 g/mol. The molecule has 0 aliphatic carbocycles. The lowest BCUT2D eigenvalue weighted by molar-refractivity contribution is 0.419. The highest BCUT2D eigenvalue weighted by molar-refractivity contribution is 9.10. The van der Waals surface area contributed by atoms with Gasteiger partial charge in [-0.3, -0.25) is 0 Å². The molecule has 5 nitrogen and oxygen atoms in total. The van der Waals surface area contributed by atoms with Gasteiger partial charge in [-0.2, -0.15) is 4.98 Å². The monoisotopic (exact) mass is 341 g/mol. The van der Waals surface area contributed by atoms with Crippen LogP contribution in [0.15, 0.2) is 62.3 Å². The largest absolute Gasteiger partial charge is 0.436 e. The van der Waals surface area contributed by atoms with Crippen molar-refractivity contribution >= 4 is 27.0 Å². The van der Waals surface area contributed by atoms with Crippen LogP contribution < -0.4 is 0 Å². The Labute approximate surface area is 127 Å². The summed E-state index contributed by atoms with van der Waals surface area (Å²) in [6.45, 7) is 0. The molecule has 0 spiro atoms. The Morgan fingerprint density at radius 2 is 1.76 bits per heavy atom. The Balaban J connectivity index is 1.74. The number of hydrogen-bond acceptors (Lipinski definition) is 5. The molecule has 102 valence electrons. The number of rotatable bonds is 2. The van der Waals surface area contributed by atoms with E-state index in [0.717, 1.165) is 26.7 Å². The van der Waals surface area contributed by atoms with Crippen LogP contribution in [0.2, 0.25) is 0 Å². The quantitative estimate of drug-likeness (QED) is 0.543. The summed E-state index contributed by atoms with van der Waals surface area (Å²) >= 11 is 3.43. The fraction of sp³-hybridized carbons (Fsp3) is 0. The van der Waals surface area contributed by atoms with E-state index in [0.29, 0.717) is 11.7 Å². The SMILES string of the molecule is Brc1ccc2oc(-c3ccc(-c4ncon4)cc3)nc2c1. The predicted molar refractivity (Wildman–Crippen MR) is 80.4 cm³/mol. The van der Waals surface area contributed by atoms with E-state index < -0.39 is 0 Å². The number of hydrogen-bond donors (Lipinski definition) is 0. The lowest BCUT2D eigenvalue weighted by Crippen LogP contribution is -1.81. The van der Waals surface area contributed by atoms with Crippen LogP contribution in [-0.4, -0.2) is 15.1 Å². The Morgan fingerprint density at radius 1 is 0.952 bits per heavy atom.